The fourth-order valence-corrected chi connectivity index (χ4v) is 1.32. The van der Waals surface area contributed by atoms with Crippen LogP contribution in [0.4, 0.5) is 5.69 Å². The predicted octanol–water partition coefficient (Wildman–Crippen LogP) is 2.26. The molecular formula is C10H12N2. The maximum atomic E-state index is 8.79. The van der Waals surface area contributed by atoms with Crippen LogP contribution in [0.1, 0.15) is 30.9 Å². The molecule has 0 heterocycles. The third kappa shape index (κ3) is 1.40. The Hall–Kier alpha value is -1.49. The van der Waals surface area contributed by atoms with Crippen molar-refractivity contribution in [3.63, 3.8) is 0 Å². The standard InChI is InChI=1S/C10H12N2/c1-7(2)10-8(6-11)4-3-5-9(10)12/h3-5,7H,12H2,1-2H3. The number of hydrogen-bond donors (Lipinski definition) is 1. The van der Waals surface area contributed by atoms with Gasteiger partial charge in [0.1, 0.15) is 0 Å². The largest absolute Gasteiger partial charge is 0.398 e. The average molecular weight is 160 g/mol. The number of nitrogen functional groups attached to an aromatic ring is 1. The van der Waals surface area contributed by atoms with Gasteiger partial charge in [0.2, 0.25) is 0 Å². The Morgan fingerprint density at radius 3 is 2.50 bits per heavy atom. The molecule has 0 aliphatic carbocycles. The van der Waals surface area contributed by atoms with Gasteiger partial charge in [0.15, 0.2) is 0 Å². The van der Waals surface area contributed by atoms with E-state index in [2.05, 4.69) is 6.07 Å². The Balaban J connectivity index is 3.32. The van der Waals surface area contributed by atoms with Crippen molar-refractivity contribution in [2.45, 2.75) is 19.8 Å². The summed E-state index contributed by atoms with van der Waals surface area (Å²) in [6, 6.07) is 7.57. The zero-order chi connectivity index (χ0) is 9.14. The van der Waals surface area contributed by atoms with Crippen LogP contribution in [-0.4, -0.2) is 0 Å². The summed E-state index contributed by atoms with van der Waals surface area (Å²) >= 11 is 0. The lowest BCUT2D eigenvalue weighted by atomic mass is 9.96. The van der Waals surface area contributed by atoms with Crippen LogP contribution < -0.4 is 5.73 Å². The fourth-order valence-electron chi connectivity index (χ4n) is 1.32. The number of hydrogen-bond acceptors (Lipinski definition) is 2. The average Bonchev–Trinajstić information content (AvgIpc) is 2.03. The Labute approximate surface area is 72.6 Å². The van der Waals surface area contributed by atoms with Crippen LogP contribution in [0.3, 0.4) is 0 Å². The smallest absolute Gasteiger partial charge is 0.0995 e. The first-order chi connectivity index (χ1) is 5.66. The van der Waals surface area contributed by atoms with Gasteiger partial charge < -0.3 is 5.73 Å². The van der Waals surface area contributed by atoms with E-state index in [1.807, 2.05) is 19.9 Å². The molecule has 0 bridgehead atoms. The number of benzene rings is 1. The maximum Gasteiger partial charge on any atom is 0.0995 e. The van der Waals surface area contributed by atoms with Gasteiger partial charge in [-0.15, -0.1) is 0 Å². The van der Waals surface area contributed by atoms with Crippen molar-refractivity contribution in [2.24, 2.45) is 0 Å². The van der Waals surface area contributed by atoms with E-state index >= 15 is 0 Å². The van der Waals surface area contributed by atoms with Crippen molar-refractivity contribution >= 4 is 5.69 Å². The van der Waals surface area contributed by atoms with Crippen LogP contribution in [0.25, 0.3) is 0 Å². The van der Waals surface area contributed by atoms with E-state index in [0.29, 0.717) is 17.2 Å². The summed E-state index contributed by atoms with van der Waals surface area (Å²) in [4.78, 5) is 0. The van der Waals surface area contributed by atoms with Crippen LogP contribution in [0.5, 0.6) is 0 Å². The molecule has 2 heteroatoms. The highest BCUT2D eigenvalue weighted by atomic mass is 14.6. The second kappa shape index (κ2) is 3.27. The zero-order valence-corrected chi connectivity index (χ0v) is 7.33. The molecule has 1 aromatic rings. The molecule has 0 spiro atoms. The van der Waals surface area contributed by atoms with Crippen LogP contribution >= 0.6 is 0 Å². The molecule has 2 nitrogen and oxygen atoms in total. The second-order valence-electron chi connectivity index (χ2n) is 3.07. The first kappa shape index (κ1) is 8.61. The molecule has 2 N–H and O–H groups in total. The minimum Gasteiger partial charge on any atom is -0.398 e. The van der Waals surface area contributed by atoms with Gasteiger partial charge in [-0.05, 0) is 23.6 Å². The van der Waals surface area contributed by atoms with Crippen molar-refractivity contribution in [3.05, 3.63) is 29.3 Å². The SMILES string of the molecule is CC(C)c1c(N)cccc1C#N. The van der Waals surface area contributed by atoms with Gasteiger partial charge in [-0.1, -0.05) is 19.9 Å². The van der Waals surface area contributed by atoms with Gasteiger partial charge in [0, 0.05) is 5.69 Å². The quantitative estimate of drug-likeness (QED) is 0.640. The molecule has 0 saturated carbocycles. The number of anilines is 1. The van der Waals surface area contributed by atoms with Crippen molar-refractivity contribution < 1.29 is 0 Å². The van der Waals surface area contributed by atoms with Crippen LogP contribution in [0.2, 0.25) is 0 Å². The third-order valence-corrected chi connectivity index (χ3v) is 1.84. The van der Waals surface area contributed by atoms with Crippen molar-refractivity contribution in [1.29, 1.82) is 5.26 Å². The molecule has 62 valence electrons. The Bertz CT molecular complexity index is 321. The van der Waals surface area contributed by atoms with Crippen molar-refractivity contribution in [1.82, 2.24) is 0 Å². The zero-order valence-electron chi connectivity index (χ0n) is 7.33. The summed E-state index contributed by atoms with van der Waals surface area (Å²) in [6.07, 6.45) is 0. The molecule has 1 aromatic carbocycles. The molecule has 0 unspecified atom stereocenters. The van der Waals surface area contributed by atoms with Gasteiger partial charge >= 0.3 is 0 Å². The molecule has 12 heavy (non-hydrogen) atoms. The van der Waals surface area contributed by atoms with Gasteiger partial charge in [-0.25, -0.2) is 0 Å². The normalized spacial score (nSPS) is 9.83. The molecule has 0 aliphatic heterocycles. The predicted molar refractivity (Wildman–Crippen MR) is 49.7 cm³/mol. The number of nitrogens with two attached hydrogens (primary N) is 1. The minimum absolute atomic E-state index is 0.306. The summed E-state index contributed by atoms with van der Waals surface area (Å²) in [7, 11) is 0. The highest BCUT2D eigenvalue weighted by molar-refractivity contribution is 5.56. The Morgan fingerprint density at radius 2 is 2.08 bits per heavy atom. The van der Waals surface area contributed by atoms with E-state index < -0.39 is 0 Å². The van der Waals surface area contributed by atoms with Crippen molar-refractivity contribution in [2.75, 3.05) is 5.73 Å². The maximum absolute atomic E-state index is 8.79. The van der Waals surface area contributed by atoms with E-state index in [1.165, 1.54) is 0 Å². The highest BCUT2D eigenvalue weighted by Gasteiger charge is 2.08. The van der Waals surface area contributed by atoms with E-state index in [1.54, 1.807) is 12.1 Å². The molecule has 0 aliphatic rings. The summed E-state index contributed by atoms with van der Waals surface area (Å²) in [5.74, 6) is 0.306. The van der Waals surface area contributed by atoms with Crippen molar-refractivity contribution in [3.8, 4) is 6.07 Å². The van der Waals surface area contributed by atoms with E-state index in [9.17, 15) is 0 Å². The topological polar surface area (TPSA) is 49.8 Å². The molecule has 0 aromatic heterocycles. The second-order valence-corrected chi connectivity index (χ2v) is 3.07. The van der Waals surface area contributed by atoms with E-state index in [0.717, 1.165) is 5.56 Å². The van der Waals surface area contributed by atoms with Gasteiger partial charge in [0.25, 0.3) is 0 Å². The summed E-state index contributed by atoms with van der Waals surface area (Å²) in [5.41, 5.74) is 8.10. The monoisotopic (exact) mass is 160 g/mol. The molecule has 0 radical (unpaired) electrons. The van der Waals surface area contributed by atoms with Crippen LogP contribution in [-0.2, 0) is 0 Å². The molecule has 0 fully saturated rings. The lowest BCUT2D eigenvalue weighted by molar-refractivity contribution is 0.866. The molecule has 1 rings (SSSR count). The molecular weight excluding hydrogens is 148 g/mol. The van der Waals surface area contributed by atoms with Gasteiger partial charge in [-0.2, -0.15) is 5.26 Å². The van der Waals surface area contributed by atoms with E-state index in [4.69, 9.17) is 11.0 Å². The lowest BCUT2D eigenvalue weighted by Crippen LogP contribution is -1.99. The Morgan fingerprint density at radius 1 is 1.42 bits per heavy atom. The number of rotatable bonds is 1. The fraction of sp³-hybridized carbons (Fsp3) is 0.300. The first-order valence-electron chi connectivity index (χ1n) is 3.95. The first-order valence-corrected chi connectivity index (χ1v) is 3.95. The lowest BCUT2D eigenvalue weighted by Gasteiger charge is -2.10. The number of nitriles is 1. The molecule has 0 atom stereocenters. The summed E-state index contributed by atoms with van der Waals surface area (Å²) < 4.78 is 0. The van der Waals surface area contributed by atoms with Gasteiger partial charge in [-0.3, -0.25) is 0 Å². The van der Waals surface area contributed by atoms with Crippen LogP contribution in [0, 0.1) is 11.3 Å². The summed E-state index contributed by atoms with van der Waals surface area (Å²) in [5, 5.41) is 8.79. The van der Waals surface area contributed by atoms with Gasteiger partial charge in [0.05, 0.1) is 11.6 Å². The molecule has 0 amide bonds. The van der Waals surface area contributed by atoms with Crippen LogP contribution in [0.15, 0.2) is 18.2 Å². The third-order valence-electron chi connectivity index (χ3n) is 1.84. The number of nitrogens with zero attached hydrogens (tertiary/aromatic N) is 1. The summed E-state index contributed by atoms with van der Waals surface area (Å²) in [6.45, 7) is 4.07. The highest BCUT2D eigenvalue weighted by Crippen LogP contribution is 2.24. The minimum atomic E-state index is 0.306. The Kier molecular flexibility index (Phi) is 2.35. The van der Waals surface area contributed by atoms with E-state index in [-0.39, 0.29) is 0 Å². The molecule has 0 saturated heterocycles.